The number of aryl methyl sites for hydroxylation is 1. The first-order valence-corrected chi connectivity index (χ1v) is 12.5. The molecule has 6 heterocycles. The van der Waals surface area contributed by atoms with Gasteiger partial charge in [0.2, 0.25) is 5.95 Å². The molecule has 0 bridgehead atoms. The van der Waals surface area contributed by atoms with Gasteiger partial charge in [0, 0.05) is 48.5 Å². The Balaban J connectivity index is 1.28. The highest BCUT2D eigenvalue weighted by atomic mass is 19.4. The van der Waals surface area contributed by atoms with Crippen molar-refractivity contribution in [1.82, 2.24) is 34.3 Å². The average molecular weight is 541 g/mol. The van der Waals surface area contributed by atoms with Crippen molar-refractivity contribution in [2.24, 2.45) is 7.05 Å². The van der Waals surface area contributed by atoms with Crippen molar-refractivity contribution in [2.45, 2.75) is 44.8 Å². The van der Waals surface area contributed by atoms with Crippen LogP contribution < -0.4 is 10.1 Å². The molecule has 5 aromatic rings. The number of fused-ring (bicyclic) bond motifs is 2. The molecule has 1 aliphatic rings. The zero-order valence-electron chi connectivity index (χ0n) is 21.8. The first-order chi connectivity index (χ1) is 18.5. The first kappa shape index (κ1) is 25.2. The molecule has 1 unspecified atom stereocenters. The summed E-state index contributed by atoms with van der Waals surface area (Å²) < 4.78 is 55.2. The molecule has 0 amide bonds. The van der Waals surface area contributed by atoms with Gasteiger partial charge in [-0.1, -0.05) is 20.8 Å². The van der Waals surface area contributed by atoms with Crippen LogP contribution >= 0.6 is 0 Å². The first-order valence-electron chi connectivity index (χ1n) is 12.5. The minimum atomic E-state index is -4.51. The number of H-pyrrole nitrogens is 1. The normalized spacial score (nSPS) is 16.4. The minimum absolute atomic E-state index is 0.0701. The third kappa shape index (κ3) is 4.67. The fraction of sp³-hybridized carbons (Fsp3) is 0.385. The number of anilines is 2. The number of imidazole rings is 1. The van der Waals surface area contributed by atoms with E-state index in [1.807, 2.05) is 22.4 Å². The Morgan fingerprint density at radius 3 is 2.59 bits per heavy atom. The summed E-state index contributed by atoms with van der Waals surface area (Å²) >= 11 is 0. The van der Waals surface area contributed by atoms with Gasteiger partial charge in [-0.15, -0.1) is 0 Å². The van der Waals surface area contributed by atoms with Crippen molar-refractivity contribution in [3.05, 3.63) is 48.0 Å². The van der Waals surface area contributed by atoms with E-state index in [4.69, 9.17) is 14.6 Å². The highest BCUT2D eigenvalue weighted by Gasteiger charge is 2.34. The lowest BCUT2D eigenvalue weighted by Crippen LogP contribution is -2.22. The van der Waals surface area contributed by atoms with Crippen LogP contribution in [-0.4, -0.2) is 47.5 Å². The van der Waals surface area contributed by atoms with Crippen LogP contribution in [0, 0.1) is 0 Å². The number of aromatic amines is 1. The van der Waals surface area contributed by atoms with E-state index in [-0.39, 0.29) is 28.2 Å². The number of hydrogen-bond donors (Lipinski definition) is 2. The molecule has 0 aromatic carbocycles. The highest BCUT2D eigenvalue weighted by Crippen LogP contribution is 2.36. The van der Waals surface area contributed by atoms with Gasteiger partial charge in [0.05, 0.1) is 36.1 Å². The standard InChI is InChI=1S/C26H27F3N8O2/c1-25(2,3)20-9-21(35-37(20)14-5-6-38-13-14)33-24-34-23-19(36(24)4)8-16(11-31-23)39-15-7-17-18(26(27,28)29)12-32-22(17)30-10-15/h7-12,14H,5-6,13H2,1-4H3,(H,30,32)(H,31,33,34,35). The Hall–Kier alpha value is -4.13. The number of rotatable bonds is 5. The minimum Gasteiger partial charge on any atom is -0.454 e. The summed E-state index contributed by atoms with van der Waals surface area (Å²) in [5.74, 6) is 1.69. The lowest BCUT2D eigenvalue weighted by Gasteiger charge is -2.22. The molecular weight excluding hydrogens is 513 g/mol. The van der Waals surface area contributed by atoms with Gasteiger partial charge in [-0.05, 0) is 12.5 Å². The molecule has 2 N–H and O–H groups in total. The smallest absolute Gasteiger partial charge is 0.418 e. The summed E-state index contributed by atoms with van der Waals surface area (Å²) in [6, 6.07) is 5.24. The maximum atomic E-state index is 13.3. The lowest BCUT2D eigenvalue weighted by molar-refractivity contribution is -0.136. The Kier molecular flexibility index (Phi) is 5.79. The maximum absolute atomic E-state index is 13.3. The molecule has 10 nitrogen and oxygen atoms in total. The third-order valence-electron chi connectivity index (χ3n) is 6.76. The van der Waals surface area contributed by atoms with Gasteiger partial charge in [-0.25, -0.2) is 9.97 Å². The van der Waals surface area contributed by atoms with Gasteiger partial charge < -0.3 is 24.3 Å². The van der Waals surface area contributed by atoms with Crippen LogP contribution in [0.25, 0.3) is 22.2 Å². The monoisotopic (exact) mass is 540 g/mol. The largest absolute Gasteiger partial charge is 0.454 e. The average Bonchev–Trinajstić information content (AvgIpc) is 3.65. The quantitative estimate of drug-likeness (QED) is 0.288. The molecule has 5 aromatic heterocycles. The number of nitrogens with zero attached hydrogens (tertiary/aromatic N) is 6. The summed E-state index contributed by atoms with van der Waals surface area (Å²) in [4.78, 5) is 15.6. The Morgan fingerprint density at radius 1 is 1.10 bits per heavy atom. The van der Waals surface area contributed by atoms with E-state index in [2.05, 4.69) is 46.0 Å². The van der Waals surface area contributed by atoms with Crippen molar-refractivity contribution in [1.29, 1.82) is 0 Å². The molecule has 1 aliphatic heterocycles. The van der Waals surface area contributed by atoms with Gasteiger partial charge >= 0.3 is 6.18 Å². The van der Waals surface area contributed by atoms with Gasteiger partial charge in [0.15, 0.2) is 11.5 Å². The maximum Gasteiger partial charge on any atom is 0.418 e. The number of pyridine rings is 2. The molecule has 0 spiro atoms. The van der Waals surface area contributed by atoms with E-state index in [0.717, 1.165) is 24.9 Å². The number of ether oxygens (including phenoxy) is 2. The van der Waals surface area contributed by atoms with Crippen molar-refractivity contribution >= 4 is 34.0 Å². The van der Waals surface area contributed by atoms with Crippen molar-refractivity contribution in [3.63, 3.8) is 0 Å². The Morgan fingerprint density at radius 2 is 1.87 bits per heavy atom. The van der Waals surface area contributed by atoms with E-state index >= 15 is 0 Å². The van der Waals surface area contributed by atoms with Crippen LogP contribution in [0.3, 0.4) is 0 Å². The molecule has 204 valence electrons. The number of nitrogens with one attached hydrogen (secondary N) is 2. The molecule has 0 radical (unpaired) electrons. The van der Waals surface area contributed by atoms with Gasteiger partial charge in [0.25, 0.3) is 0 Å². The summed E-state index contributed by atoms with van der Waals surface area (Å²) in [5.41, 5.74) is 1.45. The van der Waals surface area contributed by atoms with Crippen LogP contribution in [0.5, 0.6) is 11.5 Å². The van der Waals surface area contributed by atoms with Crippen molar-refractivity contribution < 1.29 is 22.6 Å². The molecule has 1 atom stereocenters. The molecular formula is C26H27F3N8O2. The van der Waals surface area contributed by atoms with E-state index in [0.29, 0.717) is 35.3 Å². The van der Waals surface area contributed by atoms with Gasteiger partial charge in [0.1, 0.15) is 17.1 Å². The third-order valence-corrected chi connectivity index (χ3v) is 6.76. The second-order valence-electron chi connectivity index (χ2n) is 10.6. The lowest BCUT2D eigenvalue weighted by atomic mass is 9.91. The summed E-state index contributed by atoms with van der Waals surface area (Å²) in [7, 11) is 1.83. The second kappa shape index (κ2) is 8.97. The number of hydrogen-bond acceptors (Lipinski definition) is 7. The highest BCUT2D eigenvalue weighted by molar-refractivity contribution is 5.82. The van der Waals surface area contributed by atoms with E-state index in [9.17, 15) is 13.2 Å². The van der Waals surface area contributed by atoms with Crippen LogP contribution in [-0.2, 0) is 23.4 Å². The molecule has 1 fully saturated rings. The number of alkyl halides is 3. The molecule has 13 heteroatoms. The summed E-state index contributed by atoms with van der Waals surface area (Å²) in [6.45, 7) is 7.79. The van der Waals surface area contributed by atoms with Crippen molar-refractivity contribution in [3.8, 4) is 11.5 Å². The molecule has 0 saturated carbocycles. The molecule has 1 saturated heterocycles. The summed E-state index contributed by atoms with van der Waals surface area (Å²) in [6.07, 6.45) is 0.128. The predicted octanol–water partition coefficient (Wildman–Crippen LogP) is 5.85. The zero-order chi connectivity index (χ0) is 27.5. The summed E-state index contributed by atoms with van der Waals surface area (Å²) in [5, 5.41) is 8.05. The van der Waals surface area contributed by atoms with Crippen LogP contribution in [0.15, 0.2) is 36.8 Å². The molecule has 39 heavy (non-hydrogen) atoms. The van der Waals surface area contributed by atoms with E-state index in [1.165, 1.54) is 18.5 Å². The van der Waals surface area contributed by atoms with Crippen LogP contribution in [0.2, 0.25) is 0 Å². The second-order valence-corrected chi connectivity index (χ2v) is 10.6. The van der Waals surface area contributed by atoms with Gasteiger partial charge in [-0.2, -0.15) is 23.3 Å². The van der Waals surface area contributed by atoms with Gasteiger partial charge in [-0.3, -0.25) is 4.68 Å². The Labute approximate surface area is 221 Å². The molecule has 0 aliphatic carbocycles. The molecule has 6 rings (SSSR count). The van der Waals surface area contributed by atoms with E-state index < -0.39 is 11.7 Å². The SMILES string of the molecule is Cn1c(Nc2cc(C(C)(C)C)n(C3CCOC3)n2)nc2ncc(Oc3cnc4[nH]cc(C(F)(F)F)c4c3)cc21. The van der Waals surface area contributed by atoms with E-state index in [1.54, 1.807) is 6.07 Å². The zero-order valence-corrected chi connectivity index (χ0v) is 21.8. The number of halogens is 3. The fourth-order valence-corrected chi connectivity index (χ4v) is 4.75. The predicted molar refractivity (Wildman–Crippen MR) is 138 cm³/mol. The fourth-order valence-electron chi connectivity index (χ4n) is 4.75. The van der Waals surface area contributed by atoms with Crippen LogP contribution in [0.4, 0.5) is 24.9 Å². The van der Waals surface area contributed by atoms with Crippen molar-refractivity contribution in [2.75, 3.05) is 18.5 Å². The van der Waals surface area contributed by atoms with Crippen LogP contribution in [0.1, 0.15) is 44.5 Å². The Bertz CT molecular complexity index is 1670. The number of aromatic nitrogens is 7. The topological polar surface area (TPSA) is 108 Å².